The molecular weight excluding hydrogens is 744 g/mol. The monoisotopic (exact) mass is 794 g/mol. The number of halogens is 1. The van der Waals surface area contributed by atoms with Crippen molar-refractivity contribution in [3.8, 4) is 34.4 Å². The lowest BCUT2D eigenvalue weighted by Gasteiger charge is -2.33. The average molecular weight is 795 g/mol. The van der Waals surface area contributed by atoms with E-state index in [1.165, 1.54) is 13.1 Å². The first-order chi connectivity index (χ1) is 27.4. The van der Waals surface area contributed by atoms with E-state index in [2.05, 4.69) is 41.9 Å². The number of carboxylic acids is 1. The first-order valence-corrected chi connectivity index (χ1v) is 19.9. The number of pyridine rings is 1. The number of piperidine rings is 1. The van der Waals surface area contributed by atoms with Gasteiger partial charge in [0.15, 0.2) is 0 Å². The highest BCUT2D eigenvalue weighted by Gasteiger charge is 2.36. The van der Waals surface area contributed by atoms with Gasteiger partial charge >= 0.3 is 5.97 Å². The molecule has 1 aromatic heterocycles. The zero-order valence-electron chi connectivity index (χ0n) is 32.9. The zero-order chi connectivity index (χ0) is 40.5. The molecule has 57 heavy (non-hydrogen) atoms. The third-order valence-electron chi connectivity index (χ3n) is 11.0. The SMILES string of the molecule is CC(=O)CC1(O)CCN(CCCOc2cccc(-c3cccc(COc4cc(OCc5cncc(C#N)c5)c(CN5CCCC[C@H]5C(=O)O)cc4Cl)c3C)c2C)C1. The van der Waals surface area contributed by atoms with Crippen molar-refractivity contribution < 1.29 is 34.0 Å². The Bertz CT molecular complexity index is 2120. The van der Waals surface area contributed by atoms with E-state index in [9.17, 15) is 25.1 Å². The highest BCUT2D eigenvalue weighted by Crippen LogP contribution is 2.37. The first-order valence-electron chi connectivity index (χ1n) is 19.6. The number of aromatic nitrogens is 1. The third kappa shape index (κ3) is 10.7. The molecule has 6 rings (SSSR count). The van der Waals surface area contributed by atoms with Gasteiger partial charge in [0.1, 0.15) is 48.4 Å². The van der Waals surface area contributed by atoms with E-state index in [0.29, 0.717) is 61.2 Å². The van der Waals surface area contributed by atoms with Crippen molar-refractivity contribution >= 4 is 23.4 Å². The Labute approximate surface area is 339 Å². The number of nitrogens with zero attached hydrogens (tertiary/aromatic N) is 4. The van der Waals surface area contributed by atoms with Crippen molar-refractivity contribution in [3.63, 3.8) is 0 Å². The fraction of sp³-hybridized carbons (Fsp3) is 0.422. The molecule has 0 radical (unpaired) electrons. The summed E-state index contributed by atoms with van der Waals surface area (Å²) in [5.74, 6) is 0.933. The average Bonchev–Trinajstić information content (AvgIpc) is 3.56. The standard InChI is InChI=1S/C45H51ClN4O7/c1-30(51)22-45(54)14-17-49(29-45)15-8-18-55-41-13-7-11-38(32(41)3)37-10-6-9-35(31(37)2)28-57-43-21-42(56-27-34-19-33(23-47)24-48-25-34)36(20-39(43)46)26-50-16-5-4-12-40(50)44(52)53/h6-7,9-11,13,19-21,24-25,40,54H,4-5,8,12,14-18,22,26-29H2,1-3H3,(H,52,53)/t40-,45?/m0/s1. The molecule has 0 bridgehead atoms. The molecule has 300 valence electrons. The van der Waals surface area contributed by atoms with Crippen molar-refractivity contribution in [2.24, 2.45) is 0 Å². The summed E-state index contributed by atoms with van der Waals surface area (Å²) in [6, 6.07) is 19.0. The number of hydrogen-bond acceptors (Lipinski definition) is 10. The Hall–Kier alpha value is -4.99. The molecule has 3 aromatic carbocycles. The summed E-state index contributed by atoms with van der Waals surface area (Å²) in [6.45, 7) is 9.65. The molecule has 2 saturated heterocycles. The molecule has 0 amide bonds. The van der Waals surface area contributed by atoms with Gasteiger partial charge in [-0.1, -0.05) is 48.4 Å². The molecule has 12 heteroatoms. The summed E-state index contributed by atoms with van der Waals surface area (Å²) in [5.41, 5.74) is 6.17. The predicted molar refractivity (Wildman–Crippen MR) is 218 cm³/mol. The van der Waals surface area contributed by atoms with Crippen LogP contribution in [-0.2, 0) is 29.3 Å². The molecule has 11 nitrogen and oxygen atoms in total. The Kier molecular flexibility index (Phi) is 13.9. The van der Waals surface area contributed by atoms with Crippen LogP contribution in [-0.4, -0.2) is 81.2 Å². The quantitative estimate of drug-likeness (QED) is 0.102. The van der Waals surface area contributed by atoms with Crippen LogP contribution in [0.15, 0.2) is 67.0 Å². The number of aliphatic carboxylic acids is 1. The molecular formula is C45H51ClN4O7. The van der Waals surface area contributed by atoms with Gasteiger partial charge in [-0.15, -0.1) is 0 Å². The molecule has 0 saturated carbocycles. The second-order valence-corrected chi connectivity index (χ2v) is 15.7. The molecule has 2 N–H and O–H groups in total. The van der Waals surface area contributed by atoms with Crippen LogP contribution in [0.4, 0.5) is 0 Å². The van der Waals surface area contributed by atoms with Gasteiger partial charge in [-0.2, -0.15) is 5.26 Å². The largest absolute Gasteiger partial charge is 0.493 e. The van der Waals surface area contributed by atoms with Gasteiger partial charge in [0.2, 0.25) is 0 Å². The van der Waals surface area contributed by atoms with Gasteiger partial charge < -0.3 is 29.3 Å². The lowest BCUT2D eigenvalue weighted by molar-refractivity contribution is -0.144. The van der Waals surface area contributed by atoms with E-state index >= 15 is 0 Å². The first kappa shape index (κ1) is 41.6. The van der Waals surface area contributed by atoms with E-state index in [1.54, 1.807) is 24.4 Å². The van der Waals surface area contributed by atoms with E-state index < -0.39 is 17.6 Å². The normalized spacial score (nSPS) is 18.6. The minimum Gasteiger partial charge on any atom is -0.493 e. The third-order valence-corrected chi connectivity index (χ3v) is 11.3. The highest BCUT2D eigenvalue weighted by atomic mass is 35.5. The Balaban J connectivity index is 1.15. The summed E-state index contributed by atoms with van der Waals surface area (Å²) >= 11 is 6.86. The van der Waals surface area contributed by atoms with Crippen LogP contribution in [0.3, 0.4) is 0 Å². The molecule has 0 spiro atoms. The van der Waals surface area contributed by atoms with E-state index in [1.807, 2.05) is 29.2 Å². The van der Waals surface area contributed by atoms with Crippen molar-refractivity contribution in [1.82, 2.24) is 14.8 Å². The van der Waals surface area contributed by atoms with Crippen LogP contribution < -0.4 is 14.2 Å². The number of carboxylic acid groups (broad SMARTS) is 1. The highest BCUT2D eigenvalue weighted by molar-refractivity contribution is 6.32. The van der Waals surface area contributed by atoms with Gasteiger partial charge in [0, 0.05) is 62.2 Å². The van der Waals surface area contributed by atoms with Crippen LogP contribution in [0.25, 0.3) is 11.1 Å². The second-order valence-electron chi connectivity index (χ2n) is 15.3. The lowest BCUT2D eigenvalue weighted by atomic mass is 9.93. The van der Waals surface area contributed by atoms with E-state index in [-0.39, 0.29) is 25.4 Å². The Morgan fingerprint density at radius 2 is 1.72 bits per heavy atom. The number of benzene rings is 3. The van der Waals surface area contributed by atoms with Crippen LogP contribution in [0.1, 0.15) is 78.8 Å². The summed E-state index contributed by atoms with van der Waals surface area (Å²) in [5, 5.41) is 30.4. The summed E-state index contributed by atoms with van der Waals surface area (Å²) < 4.78 is 19.0. The number of β-amino-alcohol motifs (C(OH)–C–C–N with tert-alkyl or cyclic N) is 1. The maximum Gasteiger partial charge on any atom is 0.320 e. The zero-order valence-corrected chi connectivity index (χ0v) is 33.7. The fourth-order valence-corrected chi connectivity index (χ4v) is 8.21. The number of likely N-dealkylation sites (tertiary alicyclic amines) is 2. The van der Waals surface area contributed by atoms with Crippen LogP contribution in [0, 0.1) is 25.2 Å². The van der Waals surface area contributed by atoms with E-state index in [0.717, 1.165) is 77.0 Å². The molecule has 1 unspecified atom stereocenters. The summed E-state index contributed by atoms with van der Waals surface area (Å²) in [4.78, 5) is 32.0. The maximum atomic E-state index is 12.1. The lowest BCUT2D eigenvalue weighted by Crippen LogP contribution is -2.44. The molecule has 3 heterocycles. The second kappa shape index (κ2) is 19.0. The van der Waals surface area contributed by atoms with E-state index in [4.69, 9.17) is 25.8 Å². The molecule has 4 aromatic rings. The van der Waals surface area contributed by atoms with Crippen molar-refractivity contribution in [2.45, 2.75) is 90.7 Å². The van der Waals surface area contributed by atoms with Gasteiger partial charge in [-0.05, 0) is 99.0 Å². The molecule has 2 atom stereocenters. The van der Waals surface area contributed by atoms with Gasteiger partial charge in [-0.3, -0.25) is 19.5 Å². The number of ether oxygens (including phenoxy) is 3. The number of ketones is 1. The van der Waals surface area contributed by atoms with Gasteiger partial charge in [-0.25, -0.2) is 0 Å². The molecule has 2 aliphatic heterocycles. The van der Waals surface area contributed by atoms with Crippen LogP contribution >= 0.6 is 11.6 Å². The number of Topliss-reactive ketones (excluding diaryl/α,β-unsaturated/α-hetero) is 1. The van der Waals surface area contributed by atoms with Crippen molar-refractivity contribution in [1.29, 1.82) is 5.26 Å². The smallest absolute Gasteiger partial charge is 0.320 e. The number of aliphatic hydroxyl groups is 1. The van der Waals surface area contributed by atoms with Crippen LogP contribution in [0.5, 0.6) is 17.2 Å². The predicted octanol–water partition coefficient (Wildman–Crippen LogP) is 7.67. The molecule has 2 aliphatic rings. The summed E-state index contributed by atoms with van der Waals surface area (Å²) in [7, 11) is 0. The summed E-state index contributed by atoms with van der Waals surface area (Å²) in [6.07, 6.45) is 7.11. The number of carbonyl (C=O) groups excluding carboxylic acids is 1. The number of carbonyl (C=O) groups is 2. The maximum absolute atomic E-state index is 12.1. The van der Waals surface area contributed by atoms with Crippen molar-refractivity contribution in [2.75, 3.05) is 32.8 Å². The minimum atomic E-state index is -0.920. The number of rotatable bonds is 17. The number of nitriles is 1. The van der Waals surface area contributed by atoms with Crippen LogP contribution in [0.2, 0.25) is 5.02 Å². The minimum absolute atomic E-state index is 0.0127. The number of hydrogen-bond donors (Lipinski definition) is 2. The molecule has 2 fully saturated rings. The Morgan fingerprint density at radius 3 is 2.49 bits per heavy atom. The fourth-order valence-electron chi connectivity index (χ4n) is 7.97. The topological polar surface area (TPSA) is 145 Å². The Morgan fingerprint density at radius 1 is 0.947 bits per heavy atom. The molecule has 0 aliphatic carbocycles. The van der Waals surface area contributed by atoms with Crippen molar-refractivity contribution in [3.05, 3.63) is 105 Å². The van der Waals surface area contributed by atoms with Gasteiger partial charge in [0.05, 0.1) is 22.8 Å². The van der Waals surface area contributed by atoms with Gasteiger partial charge in [0.25, 0.3) is 0 Å².